The van der Waals surface area contributed by atoms with Crippen LogP contribution in [-0.2, 0) is 6.54 Å². The number of halogens is 1. The Morgan fingerprint density at radius 2 is 1.81 bits per heavy atom. The lowest BCUT2D eigenvalue weighted by Gasteiger charge is -2.09. The number of carbonyl (C=O) groups is 1. The van der Waals surface area contributed by atoms with Crippen LogP contribution in [0.1, 0.15) is 32.7 Å². The molecule has 1 aromatic heterocycles. The van der Waals surface area contributed by atoms with Crippen molar-refractivity contribution in [2.24, 2.45) is 5.10 Å². The van der Waals surface area contributed by atoms with Crippen molar-refractivity contribution >= 4 is 23.0 Å². The van der Waals surface area contributed by atoms with E-state index >= 15 is 0 Å². The number of carbonyl (C=O) groups excluding carboxylic acids is 1. The summed E-state index contributed by atoms with van der Waals surface area (Å²) in [6.07, 6.45) is 1.63. The number of nitriles is 1. The SMILES string of the molecule is Cc1c(/C=N\NC(=O)c2ccc(F)cc2)c2ccccc2n1Cc1ccc(C#N)cc1. The van der Waals surface area contributed by atoms with Crippen molar-refractivity contribution in [3.8, 4) is 6.07 Å². The molecule has 0 saturated carbocycles. The number of hydrogen-bond acceptors (Lipinski definition) is 3. The van der Waals surface area contributed by atoms with Crippen LogP contribution in [0, 0.1) is 24.1 Å². The minimum atomic E-state index is -0.407. The Morgan fingerprint density at radius 1 is 1.10 bits per heavy atom. The van der Waals surface area contributed by atoms with Gasteiger partial charge in [0, 0.05) is 34.3 Å². The minimum Gasteiger partial charge on any atom is -0.340 e. The highest BCUT2D eigenvalue weighted by Crippen LogP contribution is 2.25. The molecule has 0 saturated heterocycles. The average molecular weight is 410 g/mol. The fourth-order valence-corrected chi connectivity index (χ4v) is 3.51. The predicted octanol–water partition coefficient (Wildman–Crippen LogP) is 4.77. The van der Waals surface area contributed by atoms with E-state index in [1.54, 1.807) is 6.21 Å². The molecule has 0 bridgehead atoms. The van der Waals surface area contributed by atoms with Crippen LogP contribution < -0.4 is 5.43 Å². The first kappa shape index (κ1) is 20.0. The van der Waals surface area contributed by atoms with E-state index in [-0.39, 0.29) is 0 Å². The number of rotatable bonds is 5. The topological polar surface area (TPSA) is 70.2 Å². The summed E-state index contributed by atoms with van der Waals surface area (Å²) in [6.45, 7) is 2.65. The van der Waals surface area contributed by atoms with E-state index in [0.29, 0.717) is 17.7 Å². The van der Waals surface area contributed by atoms with Gasteiger partial charge in [-0.05, 0) is 55.0 Å². The highest BCUT2D eigenvalue weighted by molar-refractivity contribution is 6.02. The van der Waals surface area contributed by atoms with Gasteiger partial charge in [0.2, 0.25) is 0 Å². The molecule has 31 heavy (non-hydrogen) atoms. The average Bonchev–Trinajstić information content (AvgIpc) is 3.06. The van der Waals surface area contributed by atoms with Gasteiger partial charge in [-0.2, -0.15) is 10.4 Å². The van der Waals surface area contributed by atoms with Gasteiger partial charge in [-0.3, -0.25) is 4.79 Å². The Balaban J connectivity index is 1.61. The molecule has 1 N–H and O–H groups in total. The molecule has 152 valence electrons. The molecule has 4 aromatic rings. The number of hydrazone groups is 1. The molecule has 0 aliphatic carbocycles. The van der Waals surface area contributed by atoms with Crippen LogP contribution in [0.3, 0.4) is 0 Å². The molecule has 4 rings (SSSR count). The van der Waals surface area contributed by atoms with E-state index in [2.05, 4.69) is 21.2 Å². The number of hydrogen-bond donors (Lipinski definition) is 1. The summed E-state index contributed by atoms with van der Waals surface area (Å²) in [5.41, 5.74) is 7.50. The van der Waals surface area contributed by atoms with Gasteiger partial charge in [0.25, 0.3) is 5.91 Å². The van der Waals surface area contributed by atoms with E-state index in [4.69, 9.17) is 5.26 Å². The van der Waals surface area contributed by atoms with Crippen molar-refractivity contribution < 1.29 is 9.18 Å². The number of nitrogens with one attached hydrogen (secondary N) is 1. The summed E-state index contributed by atoms with van der Waals surface area (Å²) >= 11 is 0. The number of amides is 1. The van der Waals surface area contributed by atoms with Crippen molar-refractivity contribution in [2.75, 3.05) is 0 Å². The van der Waals surface area contributed by atoms with Crippen molar-refractivity contribution in [1.29, 1.82) is 5.26 Å². The lowest BCUT2D eigenvalue weighted by Crippen LogP contribution is -2.17. The Labute approximate surface area is 179 Å². The van der Waals surface area contributed by atoms with Gasteiger partial charge in [-0.15, -0.1) is 0 Å². The van der Waals surface area contributed by atoms with E-state index < -0.39 is 11.7 Å². The zero-order chi connectivity index (χ0) is 21.8. The van der Waals surface area contributed by atoms with Gasteiger partial charge >= 0.3 is 0 Å². The normalized spacial score (nSPS) is 11.0. The standard InChI is InChI=1S/C25H19FN4O/c1-17-23(15-28-29-25(31)20-10-12-21(26)13-11-20)22-4-2-3-5-24(22)30(17)16-19-8-6-18(14-27)7-9-19/h2-13,15H,16H2,1H3,(H,29,31)/b28-15-. The third kappa shape index (κ3) is 4.21. The smallest absolute Gasteiger partial charge is 0.271 e. The second-order valence-corrected chi connectivity index (χ2v) is 7.12. The van der Waals surface area contributed by atoms with E-state index in [9.17, 15) is 9.18 Å². The molecule has 5 nitrogen and oxygen atoms in total. The monoisotopic (exact) mass is 410 g/mol. The van der Waals surface area contributed by atoms with Crippen LogP contribution in [0.15, 0.2) is 77.9 Å². The summed E-state index contributed by atoms with van der Waals surface area (Å²) in [5.74, 6) is -0.805. The largest absolute Gasteiger partial charge is 0.340 e. The quantitative estimate of drug-likeness (QED) is 0.380. The third-order valence-electron chi connectivity index (χ3n) is 5.17. The van der Waals surface area contributed by atoms with Gasteiger partial charge in [0.1, 0.15) is 5.82 Å². The summed E-state index contributed by atoms with van der Waals surface area (Å²) in [7, 11) is 0. The van der Waals surface area contributed by atoms with Gasteiger partial charge < -0.3 is 4.57 Å². The number of fused-ring (bicyclic) bond motifs is 1. The van der Waals surface area contributed by atoms with Gasteiger partial charge in [0.05, 0.1) is 17.8 Å². The maximum Gasteiger partial charge on any atom is 0.271 e. The summed E-state index contributed by atoms with van der Waals surface area (Å²) in [5, 5.41) is 14.1. The lowest BCUT2D eigenvalue weighted by atomic mass is 10.1. The van der Waals surface area contributed by atoms with E-state index in [1.807, 2.05) is 55.5 Å². The summed E-state index contributed by atoms with van der Waals surface area (Å²) < 4.78 is 15.2. The number of aromatic nitrogens is 1. The molecule has 0 spiro atoms. The Hall–Kier alpha value is -4.24. The van der Waals surface area contributed by atoms with Crippen molar-refractivity contribution in [3.63, 3.8) is 0 Å². The van der Waals surface area contributed by atoms with Crippen LogP contribution in [0.2, 0.25) is 0 Å². The fourth-order valence-electron chi connectivity index (χ4n) is 3.51. The molecule has 0 radical (unpaired) electrons. The zero-order valence-corrected chi connectivity index (χ0v) is 16.8. The maximum atomic E-state index is 13.0. The third-order valence-corrected chi connectivity index (χ3v) is 5.17. The molecule has 6 heteroatoms. The van der Waals surface area contributed by atoms with E-state index in [1.165, 1.54) is 24.3 Å². The summed E-state index contributed by atoms with van der Waals surface area (Å²) in [6, 6.07) is 22.9. The molecule has 3 aromatic carbocycles. The molecule has 0 aliphatic rings. The van der Waals surface area contributed by atoms with Crippen LogP contribution in [0.5, 0.6) is 0 Å². The molecule has 1 amide bonds. The molecule has 0 unspecified atom stereocenters. The minimum absolute atomic E-state index is 0.332. The zero-order valence-electron chi connectivity index (χ0n) is 16.8. The van der Waals surface area contributed by atoms with Crippen LogP contribution in [0.4, 0.5) is 4.39 Å². The molecule has 0 atom stereocenters. The van der Waals surface area contributed by atoms with Crippen LogP contribution in [0.25, 0.3) is 10.9 Å². The van der Waals surface area contributed by atoms with Crippen molar-refractivity contribution in [2.45, 2.75) is 13.5 Å². The number of benzene rings is 3. The first-order valence-electron chi connectivity index (χ1n) is 9.72. The highest BCUT2D eigenvalue weighted by Gasteiger charge is 2.13. The summed E-state index contributed by atoms with van der Waals surface area (Å²) in [4.78, 5) is 12.2. The Kier molecular flexibility index (Phi) is 5.59. The molecule has 0 fully saturated rings. The lowest BCUT2D eigenvalue weighted by molar-refractivity contribution is 0.0955. The van der Waals surface area contributed by atoms with Crippen molar-refractivity contribution in [1.82, 2.24) is 9.99 Å². The molecule has 0 aliphatic heterocycles. The van der Waals surface area contributed by atoms with E-state index in [0.717, 1.165) is 27.7 Å². The fraction of sp³-hybridized carbons (Fsp3) is 0.0800. The first-order valence-corrected chi connectivity index (χ1v) is 9.72. The van der Waals surface area contributed by atoms with Gasteiger partial charge in [0.15, 0.2) is 0 Å². The maximum absolute atomic E-state index is 13.0. The predicted molar refractivity (Wildman–Crippen MR) is 118 cm³/mol. The molecule has 1 heterocycles. The Bertz CT molecular complexity index is 1310. The second-order valence-electron chi connectivity index (χ2n) is 7.12. The number of para-hydroxylation sites is 1. The van der Waals surface area contributed by atoms with Crippen LogP contribution in [-0.4, -0.2) is 16.7 Å². The molecular weight excluding hydrogens is 391 g/mol. The first-order chi connectivity index (χ1) is 15.1. The van der Waals surface area contributed by atoms with Crippen LogP contribution >= 0.6 is 0 Å². The van der Waals surface area contributed by atoms with Gasteiger partial charge in [-0.1, -0.05) is 30.3 Å². The molecular formula is C25H19FN4O. The number of nitrogens with zero attached hydrogens (tertiary/aromatic N) is 3. The van der Waals surface area contributed by atoms with Gasteiger partial charge in [-0.25, -0.2) is 9.82 Å². The Morgan fingerprint density at radius 3 is 2.52 bits per heavy atom. The highest BCUT2D eigenvalue weighted by atomic mass is 19.1. The second kappa shape index (κ2) is 8.64. The van der Waals surface area contributed by atoms with Crippen molar-refractivity contribution in [3.05, 3.63) is 107 Å².